The summed E-state index contributed by atoms with van der Waals surface area (Å²) in [6.45, 7) is 8.28. The molecule has 2 rings (SSSR count). The molecule has 1 aromatic carbocycles. The number of nitrogens with zero attached hydrogens (tertiary/aromatic N) is 2. The summed E-state index contributed by atoms with van der Waals surface area (Å²) in [5.74, 6) is 0.278. The maximum atomic E-state index is 12.5. The molecule has 1 amide bonds. The highest BCUT2D eigenvalue weighted by atomic mass is 16.6. The smallest absolute Gasteiger partial charge is 0.410 e. The number of hydrogen-bond donors (Lipinski definition) is 2. The second-order valence-electron chi connectivity index (χ2n) is 7.52. The lowest BCUT2D eigenvalue weighted by molar-refractivity contribution is 0.0118. The average Bonchev–Trinajstić information content (AvgIpc) is 2.47. The Morgan fingerprint density at radius 2 is 2.12 bits per heavy atom. The maximum Gasteiger partial charge on any atom is 0.410 e. The molecule has 1 aliphatic rings. The quantitative estimate of drug-likeness (QED) is 0.887. The first-order chi connectivity index (χ1) is 11.2. The molecule has 24 heavy (non-hydrogen) atoms. The molecule has 0 aromatic heterocycles. The van der Waals surface area contributed by atoms with Crippen LogP contribution in [0, 0.1) is 0 Å². The van der Waals surface area contributed by atoms with E-state index in [0.29, 0.717) is 19.6 Å². The zero-order chi connectivity index (χ0) is 17.9. The van der Waals surface area contributed by atoms with Gasteiger partial charge in [-0.1, -0.05) is 6.07 Å². The fourth-order valence-corrected chi connectivity index (χ4v) is 2.82. The van der Waals surface area contributed by atoms with Crippen molar-refractivity contribution in [2.24, 2.45) is 0 Å². The molecule has 1 aromatic rings. The molecule has 1 unspecified atom stereocenters. The van der Waals surface area contributed by atoms with E-state index in [0.717, 1.165) is 17.7 Å². The van der Waals surface area contributed by atoms with Crippen molar-refractivity contribution < 1.29 is 14.6 Å². The van der Waals surface area contributed by atoms with Crippen molar-refractivity contribution in [2.75, 3.05) is 33.7 Å². The highest BCUT2D eigenvalue weighted by Gasteiger charge is 2.31. The molecule has 0 radical (unpaired) electrons. The normalized spacial score (nSPS) is 18.8. The molecular formula is C18H29N3O3. The van der Waals surface area contributed by atoms with Crippen LogP contribution < -0.4 is 5.32 Å². The molecule has 1 aliphatic heterocycles. The summed E-state index contributed by atoms with van der Waals surface area (Å²) in [4.78, 5) is 16.3. The summed E-state index contributed by atoms with van der Waals surface area (Å²) >= 11 is 0. The van der Waals surface area contributed by atoms with Crippen LogP contribution in [0.15, 0.2) is 18.2 Å². The number of amides is 1. The maximum absolute atomic E-state index is 12.5. The Kier molecular flexibility index (Phi) is 5.72. The van der Waals surface area contributed by atoms with Gasteiger partial charge >= 0.3 is 6.09 Å². The number of phenols is 1. The number of carbonyl (C=O) groups is 1. The van der Waals surface area contributed by atoms with Crippen LogP contribution in [0.2, 0.25) is 0 Å². The van der Waals surface area contributed by atoms with E-state index in [4.69, 9.17) is 4.74 Å². The molecule has 6 nitrogen and oxygen atoms in total. The summed E-state index contributed by atoms with van der Waals surface area (Å²) in [6, 6.07) is 5.46. The average molecular weight is 335 g/mol. The van der Waals surface area contributed by atoms with E-state index in [2.05, 4.69) is 5.32 Å². The molecule has 134 valence electrons. The molecule has 1 saturated heterocycles. The third-order valence-electron chi connectivity index (χ3n) is 3.85. The lowest BCUT2D eigenvalue weighted by atomic mass is 10.00. The van der Waals surface area contributed by atoms with Gasteiger partial charge in [0.05, 0.1) is 6.04 Å². The molecule has 6 heteroatoms. The predicted octanol–water partition coefficient (Wildman–Crippen LogP) is 2.34. The number of phenolic OH excluding ortho intramolecular Hbond substituents is 1. The van der Waals surface area contributed by atoms with Gasteiger partial charge in [-0.25, -0.2) is 4.79 Å². The molecule has 0 bridgehead atoms. The SMILES string of the molecule is CN(C)Cc1cc(C2CNCCN2C(=O)OC(C)(C)C)ccc1O. The zero-order valence-electron chi connectivity index (χ0n) is 15.3. The molecule has 1 atom stereocenters. The number of rotatable bonds is 3. The molecular weight excluding hydrogens is 306 g/mol. The number of ether oxygens (including phenoxy) is 1. The van der Waals surface area contributed by atoms with Crippen LogP contribution in [-0.4, -0.2) is 60.3 Å². The van der Waals surface area contributed by atoms with Crippen LogP contribution in [0.1, 0.15) is 37.9 Å². The third-order valence-corrected chi connectivity index (χ3v) is 3.85. The van der Waals surface area contributed by atoms with Gasteiger partial charge in [-0.05, 0) is 52.6 Å². The number of nitrogens with one attached hydrogen (secondary N) is 1. The minimum Gasteiger partial charge on any atom is -0.508 e. The van der Waals surface area contributed by atoms with E-state index >= 15 is 0 Å². The minimum absolute atomic E-state index is 0.102. The van der Waals surface area contributed by atoms with E-state index in [1.165, 1.54) is 0 Å². The van der Waals surface area contributed by atoms with Gasteiger partial charge in [0.2, 0.25) is 0 Å². The molecule has 0 spiro atoms. The fraction of sp³-hybridized carbons (Fsp3) is 0.611. The second kappa shape index (κ2) is 7.40. The lowest BCUT2D eigenvalue weighted by Gasteiger charge is -2.37. The van der Waals surface area contributed by atoms with E-state index in [1.807, 2.05) is 51.9 Å². The van der Waals surface area contributed by atoms with Crippen LogP contribution in [0.4, 0.5) is 4.79 Å². The number of benzene rings is 1. The predicted molar refractivity (Wildman–Crippen MR) is 94.0 cm³/mol. The Balaban J connectivity index is 2.25. The van der Waals surface area contributed by atoms with Gasteiger partial charge in [-0.2, -0.15) is 0 Å². The van der Waals surface area contributed by atoms with Crippen LogP contribution in [-0.2, 0) is 11.3 Å². The Morgan fingerprint density at radius 3 is 2.75 bits per heavy atom. The molecule has 1 heterocycles. The Labute approximate surface area is 144 Å². The van der Waals surface area contributed by atoms with Gasteiger partial charge in [0.15, 0.2) is 0 Å². The summed E-state index contributed by atoms with van der Waals surface area (Å²) in [5, 5.41) is 13.4. The van der Waals surface area contributed by atoms with Crippen molar-refractivity contribution >= 4 is 6.09 Å². The lowest BCUT2D eigenvalue weighted by Crippen LogP contribution is -2.50. The van der Waals surface area contributed by atoms with Crippen molar-refractivity contribution in [3.8, 4) is 5.75 Å². The zero-order valence-corrected chi connectivity index (χ0v) is 15.3. The summed E-state index contributed by atoms with van der Waals surface area (Å²) in [7, 11) is 3.92. The molecule has 0 aliphatic carbocycles. The Morgan fingerprint density at radius 1 is 1.42 bits per heavy atom. The number of hydrogen-bond acceptors (Lipinski definition) is 5. The van der Waals surface area contributed by atoms with Crippen molar-refractivity contribution in [1.82, 2.24) is 15.1 Å². The minimum atomic E-state index is -0.516. The van der Waals surface area contributed by atoms with E-state index in [-0.39, 0.29) is 17.9 Å². The monoisotopic (exact) mass is 335 g/mol. The summed E-state index contributed by atoms with van der Waals surface area (Å²) < 4.78 is 5.55. The summed E-state index contributed by atoms with van der Waals surface area (Å²) in [5.41, 5.74) is 1.34. The number of aromatic hydroxyl groups is 1. The van der Waals surface area contributed by atoms with Gasteiger partial charge in [0.1, 0.15) is 11.4 Å². The standard InChI is InChI=1S/C18H29N3O3/c1-18(2,3)24-17(23)21-9-8-19-11-15(21)13-6-7-16(22)14(10-13)12-20(4)5/h6-7,10,15,19,22H,8-9,11-12H2,1-5H3. The van der Waals surface area contributed by atoms with Crippen molar-refractivity contribution in [3.63, 3.8) is 0 Å². The van der Waals surface area contributed by atoms with Crippen molar-refractivity contribution in [1.29, 1.82) is 0 Å². The Hall–Kier alpha value is -1.79. The highest BCUT2D eigenvalue weighted by Crippen LogP contribution is 2.28. The van der Waals surface area contributed by atoms with Crippen molar-refractivity contribution in [2.45, 2.75) is 39.0 Å². The number of carbonyl (C=O) groups excluding carboxylic acids is 1. The fourth-order valence-electron chi connectivity index (χ4n) is 2.82. The van der Waals surface area contributed by atoms with Gasteiger partial charge in [0.25, 0.3) is 0 Å². The number of piperazine rings is 1. The first kappa shape index (κ1) is 18.5. The Bertz CT molecular complexity index is 581. The molecule has 2 N–H and O–H groups in total. The highest BCUT2D eigenvalue weighted by molar-refractivity contribution is 5.69. The van der Waals surface area contributed by atoms with E-state index in [9.17, 15) is 9.90 Å². The second-order valence-corrected chi connectivity index (χ2v) is 7.52. The topological polar surface area (TPSA) is 65.0 Å². The van der Waals surface area contributed by atoms with Crippen LogP contribution >= 0.6 is 0 Å². The largest absolute Gasteiger partial charge is 0.508 e. The van der Waals surface area contributed by atoms with E-state index < -0.39 is 5.60 Å². The van der Waals surface area contributed by atoms with Gasteiger partial charge in [-0.15, -0.1) is 0 Å². The molecule has 0 saturated carbocycles. The van der Waals surface area contributed by atoms with Crippen LogP contribution in [0.5, 0.6) is 5.75 Å². The first-order valence-electron chi connectivity index (χ1n) is 8.34. The summed E-state index contributed by atoms with van der Waals surface area (Å²) in [6.07, 6.45) is -0.295. The van der Waals surface area contributed by atoms with Crippen LogP contribution in [0.3, 0.4) is 0 Å². The van der Waals surface area contributed by atoms with Gasteiger partial charge in [-0.3, -0.25) is 4.90 Å². The first-order valence-corrected chi connectivity index (χ1v) is 8.34. The van der Waals surface area contributed by atoms with E-state index in [1.54, 1.807) is 11.0 Å². The van der Waals surface area contributed by atoms with Gasteiger partial charge < -0.3 is 20.1 Å². The van der Waals surface area contributed by atoms with Crippen LogP contribution in [0.25, 0.3) is 0 Å². The van der Waals surface area contributed by atoms with Gasteiger partial charge in [0, 0.05) is 31.7 Å². The molecule has 1 fully saturated rings. The third kappa shape index (κ3) is 4.85. The van der Waals surface area contributed by atoms with Crippen molar-refractivity contribution in [3.05, 3.63) is 29.3 Å².